The van der Waals surface area contributed by atoms with E-state index >= 15 is 0 Å². The van der Waals surface area contributed by atoms with Crippen LogP contribution in [0.3, 0.4) is 0 Å². The Morgan fingerprint density at radius 3 is 2.67 bits per heavy atom. The molecule has 1 spiro atoms. The van der Waals surface area contributed by atoms with Crippen LogP contribution >= 0.6 is 0 Å². The van der Waals surface area contributed by atoms with Crippen LogP contribution in [0.25, 0.3) is 22.5 Å². The third-order valence-corrected chi connectivity index (χ3v) is 8.23. The van der Waals surface area contributed by atoms with E-state index in [9.17, 15) is 9.90 Å². The maximum absolute atomic E-state index is 12.1. The van der Waals surface area contributed by atoms with Gasteiger partial charge in [0.05, 0.1) is 48.0 Å². The maximum Gasteiger partial charge on any atom is 0.252 e. The van der Waals surface area contributed by atoms with Crippen LogP contribution < -0.4 is 25.3 Å². The molecule has 6 rings (SSSR count). The molecule has 3 heterocycles. The Morgan fingerprint density at radius 2 is 1.95 bits per heavy atom. The first-order valence-electron chi connectivity index (χ1n) is 14.4. The lowest BCUT2D eigenvalue weighted by molar-refractivity contribution is -0.0825. The van der Waals surface area contributed by atoms with E-state index < -0.39 is 11.5 Å². The highest BCUT2D eigenvalue weighted by atomic mass is 16.5. The van der Waals surface area contributed by atoms with Crippen molar-refractivity contribution < 1.29 is 24.1 Å². The lowest BCUT2D eigenvalue weighted by Crippen LogP contribution is -2.57. The summed E-state index contributed by atoms with van der Waals surface area (Å²) in [5, 5.41) is 18.0. The molecule has 10 heteroatoms. The van der Waals surface area contributed by atoms with Crippen LogP contribution in [-0.2, 0) is 0 Å². The van der Waals surface area contributed by atoms with Gasteiger partial charge in [0.15, 0.2) is 0 Å². The SMILES string of the molecule is C=C(NC1CC2(C1)CC(Oc1cc(-c3cccc(OC)n3)ccc1C(N)=O)C2)c1cnn2cc(OCC(C)(C)O)ccc12. The number of ether oxygens (including phenoxy) is 3. The third kappa shape index (κ3) is 6.01. The molecule has 1 aromatic carbocycles. The van der Waals surface area contributed by atoms with E-state index in [1.165, 1.54) is 0 Å². The number of carbonyl (C=O) groups is 1. The van der Waals surface area contributed by atoms with Crippen molar-refractivity contribution in [2.24, 2.45) is 11.1 Å². The normalized spacial score (nSPS) is 21.1. The van der Waals surface area contributed by atoms with Crippen LogP contribution in [0.2, 0.25) is 0 Å². The fraction of sp³-hybridized carbons (Fsp3) is 0.364. The number of amides is 1. The van der Waals surface area contributed by atoms with Crippen molar-refractivity contribution in [2.45, 2.75) is 57.3 Å². The third-order valence-electron chi connectivity index (χ3n) is 8.23. The molecule has 10 nitrogen and oxygen atoms in total. The van der Waals surface area contributed by atoms with Gasteiger partial charge >= 0.3 is 0 Å². The van der Waals surface area contributed by atoms with Crippen molar-refractivity contribution >= 4 is 17.1 Å². The van der Waals surface area contributed by atoms with E-state index in [4.69, 9.17) is 19.9 Å². The van der Waals surface area contributed by atoms with E-state index in [0.717, 1.165) is 53.7 Å². The number of rotatable bonds is 11. The summed E-state index contributed by atoms with van der Waals surface area (Å²) in [6.07, 6.45) is 7.51. The summed E-state index contributed by atoms with van der Waals surface area (Å²) in [6, 6.07) is 15.0. The highest BCUT2D eigenvalue weighted by molar-refractivity contribution is 5.96. The zero-order valence-corrected chi connectivity index (χ0v) is 24.7. The van der Waals surface area contributed by atoms with E-state index in [0.29, 0.717) is 29.0 Å². The fourth-order valence-electron chi connectivity index (χ4n) is 6.13. The highest BCUT2D eigenvalue weighted by Gasteiger charge is 2.54. The molecule has 2 aliphatic rings. The Kier molecular flexibility index (Phi) is 7.25. The topological polar surface area (TPSA) is 133 Å². The Hall–Kier alpha value is -4.57. The number of aliphatic hydroxyl groups is 1. The number of primary amides is 1. The van der Waals surface area contributed by atoms with E-state index in [1.54, 1.807) is 50.0 Å². The second-order valence-electron chi connectivity index (χ2n) is 12.4. The second kappa shape index (κ2) is 10.9. The molecule has 2 aliphatic carbocycles. The Bertz CT molecular complexity index is 1680. The van der Waals surface area contributed by atoms with Crippen molar-refractivity contribution in [1.29, 1.82) is 0 Å². The van der Waals surface area contributed by atoms with Gasteiger partial charge in [-0.05, 0) is 75.3 Å². The molecule has 3 aromatic heterocycles. The van der Waals surface area contributed by atoms with Crippen molar-refractivity contribution in [1.82, 2.24) is 19.9 Å². The van der Waals surface area contributed by atoms with E-state index in [1.807, 2.05) is 36.4 Å². The first kappa shape index (κ1) is 28.5. The van der Waals surface area contributed by atoms with Gasteiger partial charge in [0, 0.05) is 28.9 Å². The molecule has 1 amide bonds. The zero-order chi connectivity index (χ0) is 30.4. The standard InChI is InChI=1S/C33H37N5O5/c1-20(26-17-35-38-18-23(9-11-28(26)38)42-19-32(2,3)40)36-22-13-33(14-22)15-24(16-33)43-29-12-21(8-10-25(29)31(34)39)27-6-5-7-30(37-27)41-4/h5-12,17-18,22,24,36,40H,1,13-16,19H2,2-4H3,(H2,34,39). The monoisotopic (exact) mass is 583 g/mol. The number of hydrogen-bond donors (Lipinski definition) is 3. The van der Waals surface area contributed by atoms with Gasteiger partial charge in [-0.25, -0.2) is 9.50 Å². The highest BCUT2D eigenvalue weighted by Crippen LogP contribution is 2.57. The first-order valence-corrected chi connectivity index (χ1v) is 14.4. The average molecular weight is 584 g/mol. The number of carbonyl (C=O) groups excluding carboxylic acids is 1. The fourth-order valence-corrected chi connectivity index (χ4v) is 6.13. The number of nitrogens with zero attached hydrogens (tertiary/aromatic N) is 3. The van der Waals surface area contributed by atoms with E-state index in [-0.39, 0.29) is 18.1 Å². The first-order chi connectivity index (χ1) is 20.5. The molecule has 4 aromatic rings. The summed E-state index contributed by atoms with van der Waals surface area (Å²) < 4.78 is 19.0. The van der Waals surface area contributed by atoms with Crippen LogP contribution in [0.1, 0.15) is 55.5 Å². The lowest BCUT2D eigenvalue weighted by Gasteiger charge is -2.57. The number of pyridine rings is 2. The molecule has 0 unspecified atom stereocenters. The van der Waals surface area contributed by atoms with E-state index in [2.05, 4.69) is 22.0 Å². The van der Waals surface area contributed by atoms with Gasteiger partial charge in [0.1, 0.15) is 18.1 Å². The van der Waals surface area contributed by atoms with Gasteiger partial charge in [-0.2, -0.15) is 5.10 Å². The van der Waals surface area contributed by atoms with Crippen molar-refractivity contribution in [3.05, 3.63) is 78.6 Å². The summed E-state index contributed by atoms with van der Waals surface area (Å²) in [5.41, 5.74) is 9.59. The maximum atomic E-state index is 12.1. The molecule has 2 saturated carbocycles. The average Bonchev–Trinajstić information content (AvgIpc) is 3.36. The summed E-state index contributed by atoms with van der Waals surface area (Å²) in [6.45, 7) is 7.88. The summed E-state index contributed by atoms with van der Waals surface area (Å²) in [4.78, 5) is 16.6. The van der Waals surface area contributed by atoms with Gasteiger partial charge in [0.2, 0.25) is 5.88 Å². The molecular weight excluding hydrogens is 546 g/mol. The number of benzene rings is 1. The second-order valence-corrected chi connectivity index (χ2v) is 12.4. The lowest BCUT2D eigenvalue weighted by atomic mass is 9.53. The number of methoxy groups -OCH3 is 1. The zero-order valence-electron chi connectivity index (χ0n) is 24.7. The smallest absolute Gasteiger partial charge is 0.252 e. The number of hydrogen-bond acceptors (Lipinski definition) is 8. The predicted molar refractivity (Wildman–Crippen MR) is 163 cm³/mol. The quantitative estimate of drug-likeness (QED) is 0.233. The van der Waals surface area contributed by atoms with Crippen LogP contribution in [0.4, 0.5) is 0 Å². The van der Waals surface area contributed by atoms with Gasteiger partial charge in [-0.15, -0.1) is 0 Å². The molecule has 43 heavy (non-hydrogen) atoms. The summed E-state index contributed by atoms with van der Waals surface area (Å²) >= 11 is 0. The summed E-state index contributed by atoms with van der Waals surface area (Å²) in [5.74, 6) is 1.11. The Labute approximate surface area is 250 Å². The van der Waals surface area contributed by atoms with Crippen molar-refractivity contribution in [3.63, 3.8) is 0 Å². The molecule has 0 bridgehead atoms. The van der Waals surface area contributed by atoms with Crippen LogP contribution in [0, 0.1) is 5.41 Å². The van der Waals surface area contributed by atoms with Gasteiger partial charge in [-0.1, -0.05) is 18.7 Å². The largest absolute Gasteiger partial charge is 0.490 e. The Balaban J connectivity index is 1.04. The number of nitrogens with two attached hydrogens (primary N) is 1. The molecule has 224 valence electrons. The molecule has 2 fully saturated rings. The van der Waals surface area contributed by atoms with Gasteiger partial charge in [-0.3, -0.25) is 4.79 Å². The Morgan fingerprint density at radius 1 is 1.16 bits per heavy atom. The van der Waals surface area contributed by atoms with Crippen molar-refractivity contribution in [3.8, 4) is 28.6 Å². The summed E-state index contributed by atoms with van der Waals surface area (Å²) in [7, 11) is 1.58. The van der Waals surface area contributed by atoms with Crippen LogP contribution in [0.5, 0.6) is 17.4 Å². The van der Waals surface area contributed by atoms with Crippen LogP contribution in [0.15, 0.2) is 67.5 Å². The molecule has 0 saturated heterocycles. The molecule has 0 aliphatic heterocycles. The van der Waals surface area contributed by atoms with Crippen LogP contribution in [-0.4, -0.2) is 57.1 Å². The molecule has 4 N–H and O–H groups in total. The number of aromatic nitrogens is 3. The molecular formula is C33H37N5O5. The van der Waals surface area contributed by atoms with Crippen molar-refractivity contribution in [2.75, 3.05) is 13.7 Å². The number of nitrogens with one attached hydrogen (secondary N) is 1. The molecule has 0 atom stereocenters. The minimum Gasteiger partial charge on any atom is -0.490 e. The number of fused-ring (bicyclic) bond motifs is 1. The van der Waals surface area contributed by atoms with Gasteiger partial charge in [0.25, 0.3) is 5.91 Å². The molecule has 0 radical (unpaired) electrons. The predicted octanol–water partition coefficient (Wildman–Crippen LogP) is 4.60. The minimum atomic E-state index is -0.915. The van der Waals surface area contributed by atoms with Gasteiger partial charge < -0.3 is 30.4 Å². The minimum absolute atomic E-state index is 0.0169.